The van der Waals surface area contributed by atoms with E-state index in [4.69, 9.17) is 18.5 Å². The highest BCUT2D eigenvalue weighted by atomic mass is 31.2. The largest absolute Gasteiger partial charge is 0.472 e. The standard InChI is InChI=1S/C84H144NO8P/c1-6-8-10-12-14-16-18-20-22-24-26-28-30-32-34-36-37-38-39-40-41-42-43-44-45-46-47-49-50-52-54-56-58-60-62-64-66-68-70-72-74-76-83(86)90-80-82(81-92-94(88,89)91-79-78-85(3,4)5)93-84(87)77-75-73-71-69-67-65-63-61-59-57-55-53-51-48-35-33-31-29-27-25-23-21-19-17-15-13-11-9-7-2/h9,11,15,17-18,20-21,23-24,26-27,29-30,32-33,35,51,53,57,59,63,65,69,71,82H,6-8,10,12-14,16,19,22,25,28,31,34,36-50,52,54-56,58,60-62,64,66-68,70,72-81H2,1-5H3/p+1/b11-9-,17-15-,20-18-,23-21-,26-24-,29-27-,32-30-,35-33-,53-51-,59-57-,65-63-,71-69-. The summed E-state index contributed by atoms with van der Waals surface area (Å²) in [5, 5.41) is 0. The number of unbranched alkanes of at least 4 members (excludes halogenated alkanes) is 32. The zero-order valence-electron chi connectivity index (χ0n) is 61.4. The number of phosphoric acid groups is 1. The number of carbonyl (C=O) groups is 2. The quantitative estimate of drug-likeness (QED) is 0.0211. The SMILES string of the molecule is CC/C=C\C/C=C\C/C=C\C/C=C\C/C=C\C/C=C\C/C=C\C/C=C\C/C=C\CCCC(=O)OC(COC(=O)CCCCCCCCCCCCCCCCCCCCCCCCCCCC/C=C\C/C=C\C/C=C\CCCCCCC)COP(=O)(O)OCC[N+](C)(C)C. The predicted molar refractivity (Wildman–Crippen MR) is 408 cm³/mol. The van der Waals surface area contributed by atoms with Gasteiger partial charge in [0.1, 0.15) is 19.8 Å². The van der Waals surface area contributed by atoms with Crippen molar-refractivity contribution >= 4 is 19.8 Å². The lowest BCUT2D eigenvalue weighted by molar-refractivity contribution is -0.870. The van der Waals surface area contributed by atoms with Gasteiger partial charge in [0.2, 0.25) is 0 Å². The van der Waals surface area contributed by atoms with E-state index in [2.05, 4.69) is 160 Å². The molecule has 10 heteroatoms. The average molecular weight is 1330 g/mol. The van der Waals surface area contributed by atoms with Gasteiger partial charge in [0.15, 0.2) is 6.10 Å². The fraction of sp³-hybridized carbons (Fsp3) is 0.690. The second kappa shape index (κ2) is 73.1. The summed E-state index contributed by atoms with van der Waals surface area (Å²) < 4.78 is 34.7. The first-order valence-corrected chi connectivity index (χ1v) is 40.1. The molecule has 0 heterocycles. The molecule has 0 saturated carbocycles. The number of quaternary nitrogens is 1. The summed E-state index contributed by atoms with van der Waals surface area (Å²) in [5.74, 6) is -0.866. The van der Waals surface area contributed by atoms with E-state index in [1.54, 1.807) is 0 Å². The van der Waals surface area contributed by atoms with E-state index in [0.717, 1.165) is 89.9 Å². The molecule has 0 aliphatic carbocycles. The van der Waals surface area contributed by atoms with Crippen LogP contribution in [0.2, 0.25) is 0 Å². The Hall–Kier alpha value is -4.11. The molecule has 0 saturated heterocycles. The van der Waals surface area contributed by atoms with Gasteiger partial charge in [-0.3, -0.25) is 18.6 Å². The molecule has 1 N–H and O–H groups in total. The van der Waals surface area contributed by atoms with Crippen LogP contribution in [-0.4, -0.2) is 74.9 Å². The predicted octanol–water partition coefficient (Wildman–Crippen LogP) is 25.7. The smallest absolute Gasteiger partial charge is 0.462 e. The number of esters is 2. The lowest BCUT2D eigenvalue weighted by Crippen LogP contribution is -2.37. The van der Waals surface area contributed by atoms with Crippen molar-refractivity contribution in [2.75, 3.05) is 47.5 Å². The Labute approximate surface area is 580 Å². The summed E-state index contributed by atoms with van der Waals surface area (Å²) in [4.78, 5) is 35.9. The first-order valence-electron chi connectivity index (χ1n) is 38.6. The van der Waals surface area contributed by atoms with Crippen molar-refractivity contribution < 1.29 is 42.1 Å². The Morgan fingerprint density at radius 3 is 0.936 bits per heavy atom. The molecule has 0 spiro atoms. The molecule has 0 bridgehead atoms. The van der Waals surface area contributed by atoms with Crippen LogP contribution in [0.4, 0.5) is 0 Å². The molecule has 0 fully saturated rings. The first-order chi connectivity index (χ1) is 46.0. The zero-order valence-corrected chi connectivity index (χ0v) is 62.3. The number of ether oxygens (including phenoxy) is 2. The van der Waals surface area contributed by atoms with Crippen LogP contribution in [0.1, 0.15) is 322 Å². The van der Waals surface area contributed by atoms with Gasteiger partial charge in [-0.1, -0.05) is 339 Å². The molecule has 0 amide bonds. The first kappa shape index (κ1) is 89.9. The van der Waals surface area contributed by atoms with Crippen LogP contribution in [0, 0.1) is 0 Å². The van der Waals surface area contributed by atoms with E-state index in [0.29, 0.717) is 23.9 Å². The Bertz CT molecular complexity index is 2100. The fourth-order valence-corrected chi connectivity index (χ4v) is 11.2. The van der Waals surface area contributed by atoms with Crippen LogP contribution >= 0.6 is 7.82 Å². The molecule has 538 valence electrons. The Morgan fingerprint density at radius 2 is 0.617 bits per heavy atom. The van der Waals surface area contributed by atoms with Gasteiger partial charge in [-0.2, -0.15) is 0 Å². The van der Waals surface area contributed by atoms with Gasteiger partial charge in [-0.25, -0.2) is 4.57 Å². The summed E-state index contributed by atoms with van der Waals surface area (Å²) in [6.45, 7) is 4.25. The van der Waals surface area contributed by atoms with Gasteiger partial charge in [0.25, 0.3) is 0 Å². The number of hydrogen-bond donors (Lipinski definition) is 1. The van der Waals surface area contributed by atoms with Crippen molar-refractivity contribution in [3.05, 3.63) is 146 Å². The summed E-state index contributed by atoms with van der Waals surface area (Å²) in [5.41, 5.74) is 0. The molecular weight excluding hydrogens is 1180 g/mol. The van der Waals surface area contributed by atoms with Gasteiger partial charge >= 0.3 is 19.8 Å². The highest BCUT2D eigenvalue weighted by molar-refractivity contribution is 7.47. The van der Waals surface area contributed by atoms with Crippen molar-refractivity contribution in [2.24, 2.45) is 0 Å². The summed E-state index contributed by atoms with van der Waals surface area (Å²) in [6, 6.07) is 0. The molecule has 94 heavy (non-hydrogen) atoms. The summed E-state index contributed by atoms with van der Waals surface area (Å²) in [6.07, 6.45) is 109. The number of nitrogens with zero attached hydrogens (tertiary/aromatic N) is 1. The van der Waals surface area contributed by atoms with E-state index in [9.17, 15) is 19.0 Å². The Morgan fingerprint density at radius 1 is 0.340 bits per heavy atom. The molecule has 0 aromatic carbocycles. The number of likely N-dealkylation sites (N-methyl/N-ethyl adjacent to an activating group) is 1. The minimum atomic E-state index is -4.42. The molecule has 0 aliphatic rings. The molecule has 2 atom stereocenters. The van der Waals surface area contributed by atoms with Gasteiger partial charge in [0.05, 0.1) is 27.7 Å². The number of rotatable bonds is 70. The maximum atomic E-state index is 12.9. The van der Waals surface area contributed by atoms with E-state index < -0.39 is 26.5 Å². The molecule has 0 aromatic rings. The Balaban J connectivity index is 4.03. The fourth-order valence-electron chi connectivity index (χ4n) is 10.5. The lowest BCUT2D eigenvalue weighted by Gasteiger charge is -2.24. The monoisotopic (exact) mass is 1330 g/mol. The van der Waals surface area contributed by atoms with Gasteiger partial charge in [-0.05, 0) is 116 Å². The van der Waals surface area contributed by atoms with Crippen LogP contribution in [0.15, 0.2) is 146 Å². The van der Waals surface area contributed by atoms with E-state index in [1.807, 2.05) is 21.1 Å². The normalized spacial score (nSPS) is 13.9. The van der Waals surface area contributed by atoms with Gasteiger partial charge in [0, 0.05) is 12.8 Å². The number of hydrogen-bond acceptors (Lipinski definition) is 7. The van der Waals surface area contributed by atoms with Crippen molar-refractivity contribution in [1.82, 2.24) is 0 Å². The molecule has 0 radical (unpaired) electrons. The van der Waals surface area contributed by atoms with Crippen molar-refractivity contribution in [3.8, 4) is 0 Å². The highest BCUT2D eigenvalue weighted by Crippen LogP contribution is 2.43. The molecule has 2 unspecified atom stereocenters. The Kier molecular flexibility index (Phi) is 69.9. The van der Waals surface area contributed by atoms with Gasteiger partial charge < -0.3 is 18.9 Å². The van der Waals surface area contributed by atoms with Crippen LogP contribution in [0.3, 0.4) is 0 Å². The number of phosphoric ester groups is 1. The molecular formula is C84H145NO8P+. The van der Waals surface area contributed by atoms with Crippen LogP contribution < -0.4 is 0 Å². The average Bonchev–Trinajstić information content (AvgIpc) is 1.65. The molecule has 0 aromatic heterocycles. The third kappa shape index (κ3) is 76.9. The minimum Gasteiger partial charge on any atom is -0.462 e. The van der Waals surface area contributed by atoms with E-state index in [-0.39, 0.29) is 32.0 Å². The topological polar surface area (TPSA) is 108 Å². The summed E-state index contributed by atoms with van der Waals surface area (Å²) >= 11 is 0. The lowest BCUT2D eigenvalue weighted by atomic mass is 10.0. The van der Waals surface area contributed by atoms with E-state index in [1.165, 1.54) is 193 Å². The number of allylic oxidation sites excluding steroid dienone is 24. The summed E-state index contributed by atoms with van der Waals surface area (Å²) in [7, 11) is 1.43. The number of carbonyl (C=O) groups excluding carboxylic acids is 2. The molecule has 9 nitrogen and oxygen atoms in total. The maximum absolute atomic E-state index is 12.9. The van der Waals surface area contributed by atoms with Crippen LogP contribution in [0.5, 0.6) is 0 Å². The molecule has 0 aliphatic heterocycles. The van der Waals surface area contributed by atoms with Gasteiger partial charge in [-0.15, -0.1) is 0 Å². The van der Waals surface area contributed by atoms with Crippen molar-refractivity contribution in [2.45, 2.75) is 328 Å². The van der Waals surface area contributed by atoms with Crippen LogP contribution in [0.25, 0.3) is 0 Å². The third-order valence-electron chi connectivity index (χ3n) is 16.4. The maximum Gasteiger partial charge on any atom is 0.472 e. The zero-order chi connectivity index (χ0) is 68.3. The van der Waals surface area contributed by atoms with Crippen molar-refractivity contribution in [1.29, 1.82) is 0 Å². The molecule has 0 rings (SSSR count). The second-order valence-electron chi connectivity index (χ2n) is 26.7. The van der Waals surface area contributed by atoms with Crippen molar-refractivity contribution in [3.63, 3.8) is 0 Å². The highest BCUT2D eigenvalue weighted by Gasteiger charge is 2.27. The van der Waals surface area contributed by atoms with Crippen LogP contribution in [-0.2, 0) is 32.7 Å². The third-order valence-corrected chi connectivity index (χ3v) is 17.3. The minimum absolute atomic E-state index is 0.0147. The second-order valence-corrected chi connectivity index (χ2v) is 28.1. The van der Waals surface area contributed by atoms with E-state index >= 15 is 0 Å².